The first-order chi connectivity index (χ1) is 12.3. The third-order valence-corrected chi connectivity index (χ3v) is 0.1000. The predicted octanol–water partition coefficient (Wildman–Crippen LogP) is 6.45. The fourth-order valence-corrected chi connectivity index (χ4v) is 0. The van der Waals surface area contributed by atoms with E-state index in [2.05, 4.69) is 123 Å². The van der Waals surface area contributed by atoms with E-state index >= 15 is 0 Å². The van der Waals surface area contributed by atoms with Crippen LogP contribution in [0.4, 0.5) is 0 Å². The van der Waals surface area contributed by atoms with Crippen molar-refractivity contribution in [2.24, 2.45) is 0 Å². The van der Waals surface area contributed by atoms with Crippen LogP contribution in [0.2, 0.25) is 0 Å². The average molecular weight is 361 g/mol. The van der Waals surface area contributed by atoms with Gasteiger partial charge in [0.25, 0.3) is 0 Å². The zero-order valence-electron chi connectivity index (χ0n) is 17.4. The fourth-order valence-electron chi connectivity index (χ4n) is 0. The first-order valence-electron chi connectivity index (χ1n) is 6.45. The maximum Gasteiger partial charge on any atom is 0.0662 e. The van der Waals surface area contributed by atoms with E-state index in [1.807, 2.05) is 0 Å². The summed E-state index contributed by atoms with van der Waals surface area (Å²) < 4.78 is 4.25. The van der Waals surface area contributed by atoms with Gasteiger partial charge in [-0.25, -0.2) is 0 Å². The van der Waals surface area contributed by atoms with Crippen LogP contribution in [-0.4, -0.2) is 37.6 Å². The molecule has 3 nitrogen and oxygen atoms in total. The van der Waals surface area contributed by atoms with Gasteiger partial charge < -0.3 is 14.9 Å². The Morgan fingerprint density at radius 1 is 0.400 bits per heavy atom. The van der Waals surface area contributed by atoms with E-state index < -0.39 is 0 Å². The van der Waals surface area contributed by atoms with Crippen LogP contribution in [0.1, 0.15) is 0 Å². The quantitative estimate of drug-likeness (QED) is 0.528. The van der Waals surface area contributed by atoms with Crippen LogP contribution < -0.4 is 0 Å². The summed E-state index contributed by atoms with van der Waals surface area (Å²) in [5, 5.41) is 15.2. The largest absolute Gasteiger partial charge is 0.394 e. The number of ether oxygens (including phenoxy) is 1. The van der Waals surface area contributed by atoms with Gasteiger partial charge in [0.05, 0.1) is 13.2 Å². The van der Waals surface area contributed by atoms with Gasteiger partial charge in [-0.05, 0) is 0 Å². The van der Waals surface area contributed by atoms with Crippen molar-refractivity contribution in [3.63, 3.8) is 0 Å². The molecule has 0 spiro atoms. The third-order valence-electron chi connectivity index (χ3n) is 0.1000. The maximum atomic E-state index is 7.62. The van der Waals surface area contributed by atoms with Crippen LogP contribution in [0.25, 0.3) is 0 Å². The summed E-state index contributed by atoms with van der Waals surface area (Å²) >= 11 is 0. The van der Waals surface area contributed by atoms with E-state index in [1.54, 1.807) is 14.2 Å². The van der Waals surface area contributed by atoms with Gasteiger partial charge in [0, 0.05) is 14.2 Å². The van der Waals surface area contributed by atoms with Crippen LogP contribution in [0, 0.1) is 0 Å². The monoisotopic (exact) mass is 360 g/mol. The van der Waals surface area contributed by atoms with E-state index in [4.69, 9.17) is 10.2 Å². The highest BCUT2D eigenvalue weighted by Crippen LogP contribution is 1.39. The molecule has 2 N–H and O–H groups in total. The molecule has 0 unspecified atom stereocenters. The molecule has 0 aliphatic heterocycles. The molecule has 0 heterocycles. The zero-order valence-corrected chi connectivity index (χ0v) is 17.4. The van der Waals surface area contributed by atoms with E-state index in [9.17, 15) is 0 Å². The number of aliphatic hydroxyl groups is 2. The van der Waals surface area contributed by atoms with Gasteiger partial charge in [0.1, 0.15) is 0 Å². The minimum Gasteiger partial charge on any atom is -0.394 e. The lowest BCUT2D eigenvalue weighted by Crippen LogP contribution is -1.85. The number of aliphatic hydroxyl groups excluding tert-OH is 2. The normalized spacial score (nSPS) is 3.36. The molecule has 0 saturated carbocycles. The van der Waals surface area contributed by atoms with Crippen LogP contribution >= 0.6 is 0 Å². The van der Waals surface area contributed by atoms with Crippen LogP contribution in [0.15, 0.2) is 118 Å². The Labute approximate surface area is 161 Å². The van der Waals surface area contributed by atoms with Gasteiger partial charge in [-0.1, -0.05) is 0 Å². The number of hydrogen-bond acceptors (Lipinski definition) is 3. The van der Waals surface area contributed by atoms with E-state index in [1.165, 1.54) is 0 Å². The zero-order chi connectivity index (χ0) is 24.1. The average Bonchev–Trinajstić information content (AvgIpc) is 2.81. The molecule has 3 heteroatoms. The van der Waals surface area contributed by atoms with Gasteiger partial charge >= 0.3 is 0 Å². The van der Waals surface area contributed by atoms with Crippen molar-refractivity contribution in [3.05, 3.63) is 118 Å². The van der Waals surface area contributed by atoms with Crippen LogP contribution in [0.3, 0.4) is 0 Å². The van der Waals surface area contributed by atoms with Crippen LogP contribution in [0.5, 0.6) is 0 Å². The summed E-state index contributed by atoms with van der Waals surface area (Å²) in [6.07, 6.45) is 0. The molecule has 0 aromatic carbocycles. The van der Waals surface area contributed by atoms with E-state index in [-0.39, 0.29) is 13.2 Å². The Hall–Kier alpha value is -2.46. The Balaban J connectivity index is -0.00000000972. The second kappa shape index (κ2) is 31200. The summed E-state index contributed by atoms with van der Waals surface area (Å²) in [6.45, 7) is 53.8. The van der Waals surface area contributed by atoms with Crippen molar-refractivity contribution in [2.75, 3.05) is 27.4 Å². The molecule has 0 fully saturated rings. The van der Waals surface area contributed by atoms with Crippen LogP contribution in [-0.2, 0) is 4.74 Å². The molecule has 0 radical (unpaired) electrons. The van der Waals surface area contributed by atoms with Crippen molar-refractivity contribution < 1.29 is 14.9 Å². The SMILES string of the molecule is C=C.C=C.C=C.C=C.C=C.C=C.C=C.C=C.C=C.COC.OCCO. The summed E-state index contributed by atoms with van der Waals surface area (Å²) in [7, 11) is 3.25. The smallest absolute Gasteiger partial charge is 0.0662 e. The predicted molar refractivity (Wildman–Crippen MR) is 128 cm³/mol. The lowest BCUT2D eigenvalue weighted by molar-refractivity contribution is 0.186. The molecule has 154 valence electrons. The Morgan fingerprint density at radius 2 is 0.440 bits per heavy atom. The highest BCUT2D eigenvalue weighted by Gasteiger charge is 1.58. The number of methoxy groups -OCH3 is 1. The summed E-state index contributed by atoms with van der Waals surface area (Å²) in [5.41, 5.74) is 0. The molecular weight excluding hydrogens is 312 g/mol. The van der Waals surface area contributed by atoms with Crippen molar-refractivity contribution in [1.82, 2.24) is 0 Å². The van der Waals surface area contributed by atoms with Crippen molar-refractivity contribution in [2.45, 2.75) is 0 Å². The molecule has 0 aromatic rings. The molecule has 0 rings (SSSR count). The Bertz CT molecular complexity index is 68.7. The topological polar surface area (TPSA) is 49.7 Å². The molecule has 0 aliphatic rings. The number of rotatable bonds is 1. The van der Waals surface area contributed by atoms with E-state index in [0.717, 1.165) is 0 Å². The molecule has 0 aromatic heterocycles. The summed E-state index contributed by atoms with van der Waals surface area (Å²) in [6, 6.07) is 0. The number of hydrogen-bond donors (Lipinski definition) is 2. The second-order valence-electron chi connectivity index (χ2n) is 0.855. The van der Waals surface area contributed by atoms with E-state index in [0.29, 0.717) is 0 Å². The first kappa shape index (κ1) is 78.5. The Morgan fingerprint density at radius 3 is 0.440 bits per heavy atom. The highest BCUT2D eigenvalue weighted by molar-refractivity contribution is 4.24. The fraction of sp³-hybridized carbons (Fsp3) is 0.182. The van der Waals surface area contributed by atoms with Crippen molar-refractivity contribution in [3.8, 4) is 0 Å². The van der Waals surface area contributed by atoms with Gasteiger partial charge in [0.2, 0.25) is 0 Å². The standard InChI is InChI=1S/C2H6O2.C2H6O.9C2H4/c3-1-2-4;1-3-2;9*1-2/h3-4H,1-2H2;1-2H3;9*1-2H2. The lowest BCUT2D eigenvalue weighted by atomic mass is 10.8. The Kier molecular flexibility index (Phi) is 97900. The molecular formula is C22H48O3. The molecule has 0 amide bonds. The third kappa shape index (κ3) is 3860. The molecule has 0 atom stereocenters. The summed E-state index contributed by atoms with van der Waals surface area (Å²) in [4.78, 5) is 0. The van der Waals surface area contributed by atoms with Crippen molar-refractivity contribution >= 4 is 0 Å². The van der Waals surface area contributed by atoms with Crippen molar-refractivity contribution in [1.29, 1.82) is 0 Å². The van der Waals surface area contributed by atoms with Gasteiger partial charge in [-0.2, -0.15) is 0 Å². The lowest BCUT2D eigenvalue weighted by Gasteiger charge is -1.70. The van der Waals surface area contributed by atoms with Gasteiger partial charge in [-0.3, -0.25) is 0 Å². The maximum absolute atomic E-state index is 7.62. The second-order valence-corrected chi connectivity index (χ2v) is 0.855. The first-order valence-corrected chi connectivity index (χ1v) is 6.45. The van der Waals surface area contributed by atoms with Gasteiger partial charge in [-0.15, -0.1) is 118 Å². The molecule has 0 saturated heterocycles. The highest BCUT2D eigenvalue weighted by atomic mass is 16.4. The minimum absolute atomic E-state index is 0.125. The van der Waals surface area contributed by atoms with Gasteiger partial charge in [0.15, 0.2) is 0 Å². The molecule has 25 heavy (non-hydrogen) atoms. The molecule has 0 bridgehead atoms. The summed E-state index contributed by atoms with van der Waals surface area (Å²) in [5.74, 6) is 0. The molecule has 0 aliphatic carbocycles. The minimum atomic E-state index is -0.125.